The van der Waals surface area contributed by atoms with Crippen molar-refractivity contribution in [2.75, 3.05) is 86.5 Å². The van der Waals surface area contributed by atoms with E-state index < -0.39 is 19.9 Å². The number of sulfone groups is 1. The van der Waals surface area contributed by atoms with E-state index in [-0.39, 0.29) is 29.0 Å². The van der Waals surface area contributed by atoms with E-state index in [1.807, 2.05) is 4.90 Å². The Hall–Kier alpha value is -2.05. The van der Waals surface area contributed by atoms with Crippen LogP contribution in [0.4, 0.5) is 16.2 Å². The molecule has 0 radical (unpaired) electrons. The molecule has 5 heterocycles. The van der Waals surface area contributed by atoms with Crippen LogP contribution in [0.1, 0.15) is 20.3 Å². The largest absolute Gasteiger partial charge is 0.369 e. The van der Waals surface area contributed by atoms with E-state index in [2.05, 4.69) is 47.9 Å². The summed E-state index contributed by atoms with van der Waals surface area (Å²) in [4.78, 5) is 21.9. The molecular weight excluding hydrogens is 514 g/mol. The standard InChI is InChI=1S/C25H39N5O5S2/c1-25(2)16-20-17-28(24(31)27-8-10-29(11-9-27)36(3,32)33)19-23(25)30(18-20)22-6-4-21(5-7-22)26-12-14-37(34,35)15-13-26/h4-7,20,23H,8-19H2,1-3H3. The molecule has 12 heteroatoms. The minimum Gasteiger partial charge on any atom is -0.369 e. The predicted octanol–water partition coefficient (Wildman–Crippen LogP) is 1.16. The average molecular weight is 554 g/mol. The first-order valence-corrected chi connectivity index (χ1v) is 16.8. The van der Waals surface area contributed by atoms with Crippen LogP contribution in [0.5, 0.6) is 0 Å². The van der Waals surface area contributed by atoms with Gasteiger partial charge >= 0.3 is 6.03 Å². The molecule has 0 N–H and O–H groups in total. The van der Waals surface area contributed by atoms with Gasteiger partial charge in [-0.3, -0.25) is 0 Å². The number of piperazine rings is 1. The highest BCUT2D eigenvalue weighted by molar-refractivity contribution is 7.91. The van der Waals surface area contributed by atoms with Crippen molar-refractivity contribution in [2.24, 2.45) is 11.3 Å². The second kappa shape index (κ2) is 9.60. The predicted molar refractivity (Wildman–Crippen MR) is 145 cm³/mol. The zero-order valence-corrected chi connectivity index (χ0v) is 23.7. The summed E-state index contributed by atoms with van der Waals surface area (Å²) in [5.74, 6) is 0.750. The van der Waals surface area contributed by atoms with Gasteiger partial charge in [0.15, 0.2) is 9.84 Å². The van der Waals surface area contributed by atoms with Crippen molar-refractivity contribution in [3.05, 3.63) is 24.3 Å². The fraction of sp³-hybridized carbons (Fsp3) is 0.720. The van der Waals surface area contributed by atoms with E-state index >= 15 is 0 Å². The van der Waals surface area contributed by atoms with Crippen LogP contribution in [0.2, 0.25) is 0 Å². The molecule has 2 atom stereocenters. The van der Waals surface area contributed by atoms with Gasteiger partial charge in [0.2, 0.25) is 10.0 Å². The van der Waals surface area contributed by atoms with Crippen molar-refractivity contribution in [3.8, 4) is 0 Å². The summed E-state index contributed by atoms with van der Waals surface area (Å²) >= 11 is 0. The van der Waals surface area contributed by atoms with Gasteiger partial charge in [0.25, 0.3) is 0 Å². The number of sulfonamides is 1. The molecule has 37 heavy (non-hydrogen) atoms. The van der Waals surface area contributed by atoms with Crippen LogP contribution >= 0.6 is 0 Å². The lowest BCUT2D eigenvalue weighted by atomic mass is 9.73. The van der Waals surface area contributed by atoms with E-state index in [1.54, 1.807) is 4.90 Å². The van der Waals surface area contributed by atoms with Gasteiger partial charge in [-0.2, -0.15) is 4.31 Å². The van der Waals surface area contributed by atoms with Gasteiger partial charge in [-0.05, 0) is 42.0 Å². The van der Waals surface area contributed by atoms with Gasteiger partial charge < -0.3 is 19.6 Å². The summed E-state index contributed by atoms with van der Waals surface area (Å²) in [7, 11) is -6.15. The molecule has 2 bridgehead atoms. The number of carbonyl (C=O) groups is 1. The Balaban J connectivity index is 1.29. The third-order valence-corrected chi connectivity index (χ3v) is 11.5. The number of piperidine rings is 1. The van der Waals surface area contributed by atoms with Crippen LogP contribution < -0.4 is 9.80 Å². The van der Waals surface area contributed by atoms with Crippen molar-refractivity contribution in [1.29, 1.82) is 0 Å². The Morgan fingerprint density at radius 1 is 0.865 bits per heavy atom. The number of hydrogen-bond donors (Lipinski definition) is 0. The van der Waals surface area contributed by atoms with Crippen LogP contribution in [0.15, 0.2) is 24.3 Å². The fourth-order valence-corrected chi connectivity index (χ4v) is 8.54. The summed E-state index contributed by atoms with van der Waals surface area (Å²) in [6.07, 6.45) is 2.28. The number of fused-ring (bicyclic) bond motifs is 4. The van der Waals surface area contributed by atoms with Gasteiger partial charge in [-0.1, -0.05) is 13.8 Å². The highest BCUT2D eigenvalue weighted by atomic mass is 32.2. The minimum atomic E-state index is -3.24. The van der Waals surface area contributed by atoms with Gasteiger partial charge in [0.05, 0.1) is 23.8 Å². The summed E-state index contributed by atoms with van der Waals surface area (Å²) in [5, 5.41) is 0. The van der Waals surface area contributed by atoms with Crippen LogP contribution in [0, 0.1) is 11.3 Å². The third kappa shape index (κ3) is 5.56. The molecule has 6 rings (SSSR count). The molecule has 1 aromatic carbocycles. The highest BCUT2D eigenvalue weighted by Gasteiger charge is 2.47. The molecule has 206 valence electrons. The molecule has 2 amide bonds. The molecule has 2 unspecified atom stereocenters. The Morgan fingerprint density at radius 2 is 1.46 bits per heavy atom. The second-order valence-corrected chi connectivity index (χ2v) is 16.0. The van der Waals surface area contributed by atoms with Gasteiger partial charge in [-0.15, -0.1) is 0 Å². The molecule has 0 spiro atoms. The van der Waals surface area contributed by atoms with Gasteiger partial charge in [0.1, 0.15) is 0 Å². The molecule has 0 saturated carbocycles. The Morgan fingerprint density at radius 3 is 2.05 bits per heavy atom. The van der Waals surface area contributed by atoms with Crippen LogP contribution in [-0.2, 0) is 19.9 Å². The van der Waals surface area contributed by atoms with Gasteiger partial charge in [0, 0.05) is 70.3 Å². The summed E-state index contributed by atoms with van der Waals surface area (Å²) in [6.45, 7) is 9.40. The molecule has 1 aromatic rings. The van der Waals surface area contributed by atoms with E-state index in [0.29, 0.717) is 58.3 Å². The zero-order chi connectivity index (χ0) is 26.6. The zero-order valence-electron chi connectivity index (χ0n) is 22.0. The molecule has 5 aliphatic rings. The Kier molecular flexibility index (Phi) is 6.89. The maximum Gasteiger partial charge on any atom is 0.320 e. The molecule has 0 aromatic heterocycles. The highest BCUT2D eigenvalue weighted by Crippen LogP contribution is 2.43. The summed E-state index contributed by atoms with van der Waals surface area (Å²) in [6, 6.07) is 8.61. The van der Waals surface area contributed by atoms with E-state index in [1.165, 1.54) is 10.6 Å². The van der Waals surface area contributed by atoms with Crippen molar-refractivity contribution in [2.45, 2.75) is 26.3 Å². The molecular formula is C25H39N5O5S2. The lowest BCUT2D eigenvalue weighted by molar-refractivity contribution is 0.132. The fourth-order valence-electron chi connectivity index (χ4n) is 6.51. The molecule has 10 nitrogen and oxygen atoms in total. The molecule has 5 fully saturated rings. The number of hydrogen-bond acceptors (Lipinski definition) is 7. The summed E-state index contributed by atoms with van der Waals surface area (Å²) < 4.78 is 48.8. The topological polar surface area (TPSA) is 102 Å². The molecule has 5 saturated heterocycles. The quantitative estimate of drug-likeness (QED) is 0.554. The second-order valence-electron chi connectivity index (χ2n) is 11.7. The third-order valence-electron chi connectivity index (χ3n) is 8.56. The first-order chi connectivity index (χ1) is 17.3. The molecule has 5 aliphatic heterocycles. The SMILES string of the molecule is CC1(C)CC2CN(C(=O)N3CCN(S(C)(=O)=O)CC3)CC1N(c1ccc(N3CCS(=O)(=O)CC3)cc1)C2. The van der Waals surface area contributed by atoms with Crippen LogP contribution in [-0.4, -0.2) is 120 Å². The maximum absolute atomic E-state index is 13.5. The normalized spacial score (nSPS) is 28.3. The van der Waals surface area contributed by atoms with E-state index in [9.17, 15) is 21.6 Å². The van der Waals surface area contributed by atoms with Crippen molar-refractivity contribution >= 4 is 37.3 Å². The first kappa shape index (κ1) is 26.6. The average Bonchev–Trinajstić information content (AvgIpc) is 3.10. The van der Waals surface area contributed by atoms with Gasteiger partial charge in [-0.25, -0.2) is 21.6 Å². The van der Waals surface area contributed by atoms with Crippen LogP contribution in [0.25, 0.3) is 0 Å². The number of anilines is 2. The monoisotopic (exact) mass is 553 g/mol. The number of carbonyl (C=O) groups excluding carboxylic acids is 1. The van der Waals surface area contributed by atoms with E-state index in [0.717, 1.165) is 24.3 Å². The number of benzene rings is 1. The van der Waals surface area contributed by atoms with Crippen molar-refractivity contribution in [1.82, 2.24) is 14.1 Å². The first-order valence-electron chi connectivity index (χ1n) is 13.1. The number of urea groups is 1. The van der Waals surface area contributed by atoms with Crippen molar-refractivity contribution < 1.29 is 21.6 Å². The number of amides is 2. The van der Waals surface area contributed by atoms with Crippen LogP contribution in [0.3, 0.4) is 0 Å². The maximum atomic E-state index is 13.5. The van der Waals surface area contributed by atoms with Crippen molar-refractivity contribution in [3.63, 3.8) is 0 Å². The minimum absolute atomic E-state index is 0.0121. The Bertz CT molecular complexity index is 1210. The summed E-state index contributed by atoms with van der Waals surface area (Å²) in [5.41, 5.74) is 2.21. The lowest BCUT2D eigenvalue weighted by Gasteiger charge is -2.48. The van der Waals surface area contributed by atoms with E-state index in [4.69, 9.17) is 0 Å². The number of rotatable bonds is 3. The molecule has 0 aliphatic carbocycles. The Labute approximate surface area is 221 Å². The number of nitrogens with zero attached hydrogens (tertiary/aromatic N) is 5. The lowest BCUT2D eigenvalue weighted by Crippen LogP contribution is -2.56. The smallest absolute Gasteiger partial charge is 0.320 e.